The molecule has 21 heavy (non-hydrogen) atoms. The Morgan fingerprint density at radius 2 is 2.00 bits per heavy atom. The van der Waals surface area contributed by atoms with E-state index in [0.717, 1.165) is 15.8 Å². The first-order valence-electron chi connectivity index (χ1n) is 6.49. The Morgan fingerprint density at radius 1 is 1.19 bits per heavy atom. The summed E-state index contributed by atoms with van der Waals surface area (Å²) < 4.78 is 32.5. The molecule has 0 amide bonds. The molecule has 2 aromatic carbocycles. The first-order valence-corrected chi connectivity index (χ1v) is 7.26. The van der Waals surface area contributed by atoms with Crippen LogP contribution >= 0.6 is 11.5 Å². The topological polar surface area (TPSA) is 38.9 Å². The molecule has 0 bridgehead atoms. The van der Waals surface area contributed by atoms with Crippen LogP contribution in [0.5, 0.6) is 0 Å². The van der Waals surface area contributed by atoms with Crippen molar-refractivity contribution in [2.24, 2.45) is 0 Å². The Hall–Kier alpha value is -2.01. The van der Waals surface area contributed by atoms with Crippen LogP contribution in [0.15, 0.2) is 36.4 Å². The second-order valence-corrected chi connectivity index (χ2v) is 5.64. The van der Waals surface area contributed by atoms with Gasteiger partial charge in [-0.05, 0) is 53.8 Å². The van der Waals surface area contributed by atoms with Crippen LogP contribution in [-0.4, -0.2) is 4.37 Å². The minimum absolute atomic E-state index is 0.273. The number of anilines is 1. The molecule has 1 heterocycles. The van der Waals surface area contributed by atoms with E-state index < -0.39 is 0 Å². The highest BCUT2D eigenvalue weighted by Gasteiger charge is 2.21. The van der Waals surface area contributed by atoms with Gasteiger partial charge in [0.25, 0.3) is 0 Å². The van der Waals surface area contributed by atoms with Crippen molar-refractivity contribution in [1.29, 1.82) is 0 Å². The van der Waals surface area contributed by atoms with Crippen LogP contribution in [-0.2, 0) is 0 Å². The van der Waals surface area contributed by atoms with Gasteiger partial charge in [-0.1, -0.05) is 13.0 Å². The molecule has 5 heteroatoms. The number of nitrogens with two attached hydrogens (primary N) is 1. The molecular formula is C16H13F2N2S. The highest BCUT2D eigenvalue weighted by molar-refractivity contribution is 7.13. The lowest BCUT2D eigenvalue weighted by atomic mass is 9.91. The molecular weight excluding hydrogens is 290 g/mol. The normalized spacial score (nSPS) is 12.7. The van der Waals surface area contributed by atoms with E-state index in [-0.39, 0.29) is 17.6 Å². The molecule has 2 nitrogen and oxygen atoms in total. The van der Waals surface area contributed by atoms with Crippen molar-refractivity contribution in [3.05, 3.63) is 66.2 Å². The number of nitrogen functional groups attached to an aromatic ring is 1. The first-order chi connectivity index (χ1) is 10.1. The molecule has 1 atom stereocenters. The van der Waals surface area contributed by atoms with E-state index in [4.69, 9.17) is 5.73 Å². The van der Waals surface area contributed by atoms with Crippen LogP contribution in [0.25, 0.3) is 10.1 Å². The Bertz CT molecular complexity index is 798. The van der Waals surface area contributed by atoms with Gasteiger partial charge in [-0.25, -0.2) is 8.78 Å². The van der Waals surface area contributed by atoms with Crippen molar-refractivity contribution in [3.63, 3.8) is 0 Å². The number of hydrogen-bond donors (Lipinski definition) is 1. The lowest BCUT2D eigenvalue weighted by molar-refractivity contribution is 0.596. The molecule has 0 fully saturated rings. The molecule has 0 aliphatic rings. The first kappa shape index (κ1) is 13.9. The van der Waals surface area contributed by atoms with Gasteiger partial charge in [0, 0.05) is 17.0 Å². The highest BCUT2D eigenvalue weighted by Crippen LogP contribution is 2.36. The van der Waals surface area contributed by atoms with Crippen molar-refractivity contribution in [2.45, 2.75) is 12.3 Å². The summed E-state index contributed by atoms with van der Waals surface area (Å²) in [4.78, 5) is 0. The summed E-state index contributed by atoms with van der Waals surface area (Å²) >= 11 is 1.21. The summed E-state index contributed by atoms with van der Waals surface area (Å²) in [7, 11) is 0. The minimum Gasteiger partial charge on any atom is -0.399 e. The van der Waals surface area contributed by atoms with E-state index in [1.165, 1.54) is 29.7 Å². The average Bonchev–Trinajstić information content (AvgIpc) is 2.85. The highest BCUT2D eigenvalue weighted by atomic mass is 32.1. The predicted octanol–water partition coefficient (Wildman–Crippen LogP) is 4.51. The maximum Gasteiger partial charge on any atom is 0.129 e. The summed E-state index contributed by atoms with van der Waals surface area (Å²) in [5.74, 6) is -0.945. The van der Waals surface area contributed by atoms with E-state index in [1.807, 2.05) is 0 Å². The lowest BCUT2D eigenvalue weighted by Crippen LogP contribution is -2.04. The van der Waals surface area contributed by atoms with E-state index in [0.29, 0.717) is 17.7 Å². The van der Waals surface area contributed by atoms with E-state index in [2.05, 4.69) is 11.3 Å². The van der Waals surface area contributed by atoms with Crippen LogP contribution in [0.1, 0.15) is 23.6 Å². The van der Waals surface area contributed by atoms with Crippen molar-refractivity contribution in [3.8, 4) is 0 Å². The monoisotopic (exact) mass is 303 g/mol. The SMILES string of the molecule is [CH2]CC(c1ccc(N)cc1F)c1nsc2cc(F)ccc12. The molecule has 0 saturated carbocycles. The Kier molecular flexibility index (Phi) is 3.59. The van der Waals surface area contributed by atoms with Gasteiger partial charge in [-0.2, -0.15) is 4.37 Å². The van der Waals surface area contributed by atoms with Crippen molar-refractivity contribution < 1.29 is 8.78 Å². The number of halogens is 2. The Balaban J connectivity index is 2.14. The maximum atomic E-state index is 14.2. The predicted molar refractivity (Wildman–Crippen MR) is 82.2 cm³/mol. The van der Waals surface area contributed by atoms with Gasteiger partial charge >= 0.3 is 0 Å². The molecule has 0 aliphatic carbocycles. The van der Waals surface area contributed by atoms with Crippen molar-refractivity contribution >= 4 is 27.3 Å². The zero-order valence-electron chi connectivity index (χ0n) is 11.1. The van der Waals surface area contributed by atoms with Crippen LogP contribution < -0.4 is 5.73 Å². The zero-order chi connectivity index (χ0) is 15.0. The average molecular weight is 303 g/mol. The van der Waals surface area contributed by atoms with Gasteiger partial charge in [0.1, 0.15) is 11.6 Å². The van der Waals surface area contributed by atoms with Gasteiger partial charge < -0.3 is 5.73 Å². The second-order valence-electron chi connectivity index (χ2n) is 4.83. The minimum atomic E-state index is -0.369. The smallest absolute Gasteiger partial charge is 0.129 e. The number of aromatic nitrogens is 1. The summed E-state index contributed by atoms with van der Waals surface area (Å²) in [5.41, 5.74) is 7.20. The summed E-state index contributed by atoms with van der Waals surface area (Å²) in [6.45, 7) is 3.90. The summed E-state index contributed by atoms with van der Waals surface area (Å²) in [6, 6.07) is 9.13. The van der Waals surface area contributed by atoms with Crippen molar-refractivity contribution in [1.82, 2.24) is 4.37 Å². The van der Waals surface area contributed by atoms with Gasteiger partial charge in [0.05, 0.1) is 10.4 Å². The van der Waals surface area contributed by atoms with Crippen LogP contribution in [0, 0.1) is 18.6 Å². The molecule has 107 valence electrons. The molecule has 1 radical (unpaired) electrons. The fourth-order valence-electron chi connectivity index (χ4n) is 2.45. The molecule has 0 aliphatic heterocycles. The summed E-state index contributed by atoms with van der Waals surface area (Å²) in [5, 5.41) is 0.839. The number of benzene rings is 2. The van der Waals surface area contributed by atoms with E-state index in [9.17, 15) is 8.78 Å². The maximum absolute atomic E-state index is 14.2. The molecule has 0 saturated heterocycles. The summed E-state index contributed by atoms with van der Waals surface area (Å²) in [6.07, 6.45) is 0.455. The third-order valence-corrected chi connectivity index (χ3v) is 4.30. The Morgan fingerprint density at radius 3 is 2.71 bits per heavy atom. The molecule has 0 spiro atoms. The third-order valence-electron chi connectivity index (χ3n) is 3.48. The van der Waals surface area contributed by atoms with Gasteiger partial charge in [-0.3, -0.25) is 0 Å². The van der Waals surface area contributed by atoms with Crippen molar-refractivity contribution in [2.75, 3.05) is 5.73 Å². The molecule has 1 aromatic heterocycles. The Labute approximate surface area is 125 Å². The standard InChI is InChI=1S/C16H13F2N2S/c1-2-11(12-6-4-10(19)8-14(12)18)16-13-5-3-9(17)7-15(13)21-20-16/h3-8,11H,1-2,19H2. The molecule has 1 unspecified atom stereocenters. The van der Waals surface area contributed by atoms with Gasteiger partial charge in [0.15, 0.2) is 0 Å². The van der Waals surface area contributed by atoms with Crippen LogP contribution in [0.4, 0.5) is 14.5 Å². The number of nitrogens with zero attached hydrogens (tertiary/aromatic N) is 1. The van der Waals surface area contributed by atoms with E-state index >= 15 is 0 Å². The number of rotatable bonds is 3. The third kappa shape index (κ3) is 2.49. The van der Waals surface area contributed by atoms with Crippen LogP contribution in [0.2, 0.25) is 0 Å². The fraction of sp³-hybridized carbons (Fsp3) is 0.125. The lowest BCUT2D eigenvalue weighted by Gasteiger charge is -2.15. The fourth-order valence-corrected chi connectivity index (χ4v) is 3.31. The van der Waals surface area contributed by atoms with Crippen LogP contribution in [0.3, 0.4) is 0 Å². The molecule has 2 N–H and O–H groups in total. The zero-order valence-corrected chi connectivity index (χ0v) is 12.0. The second kappa shape index (κ2) is 5.41. The molecule has 3 rings (SSSR count). The van der Waals surface area contributed by atoms with Gasteiger partial charge in [0.2, 0.25) is 0 Å². The largest absolute Gasteiger partial charge is 0.399 e. The van der Waals surface area contributed by atoms with E-state index in [1.54, 1.807) is 18.2 Å². The van der Waals surface area contributed by atoms with Gasteiger partial charge in [-0.15, -0.1) is 0 Å². The quantitative estimate of drug-likeness (QED) is 0.723. The number of hydrogen-bond acceptors (Lipinski definition) is 3. The molecule has 3 aromatic rings. The number of fused-ring (bicyclic) bond motifs is 1.